The number of carbonyl (C=O) groups is 1. The smallest absolute Gasteiger partial charge is 0.340 e. The zero-order valence-electron chi connectivity index (χ0n) is 10.8. The van der Waals surface area contributed by atoms with Crippen LogP contribution in [0.15, 0.2) is 36.4 Å². The number of benzene rings is 1. The van der Waals surface area contributed by atoms with Crippen LogP contribution in [-0.2, 0) is 11.3 Å². The highest BCUT2D eigenvalue weighted by Gasteiger charge is 2.12. The van der Waals surface area contributed by atoms with Crippen molar-refractivity contribution in [1.29, 1.82) is 0 Å². The lowest BCUT2D eigenvalue weighted by molar-refractivity contribution is 0.0468. The van der Waals surface area contributed by atoms with Crippen LogP contribution >= 0.6 is 0 Å². The van der Waals surface area contributed by atoms with E-state index in [2.05, 4.69) is 4.98 Å². The topological polar surface area (TPSA) is 74.4 Å². The van der Waals surface area contributed by atoms with Gasteiger partial charge in [0.15, 0.2) is 0 Å². The summed E-state index contributed by atoms with van der Waals surface area (Å²) in [5.74, 6) is -0.708. The van der Waals surface area contributed by atoms with E-state index >= 15 is 0 Å². The highest BCUT2D eigenvalue weighted by atomic mass is 19.1. The standard InChI is InChI=1S/C14H13FN2O3/c1-19-13-4-2-3-10(17-13)8-20-14(18)11-6-5-9(15)7-12(11)16/h2-7H,8,16H2,1H3. The van der Waals surface area contributed by atoms with Crippen LogP contribution in [0, 0.1) is 5.82 Å². The van der Waals surface area contributed by atoms with Crippen LogP contribution in [0.5, 0.6) is 5.88 Å². The minimum absolute atomic E-state index is 0.0210. The number of pyridine rings is 1. The Bertz CT molecular complexity index is 632. The molecule has 0 atom stereocenters. The van der Waals surface area contributed by atoms with Crippen LogP contribution in [0.25, 0.3) is 0 Å². The lowest BCUT2D eigenvalue weighted by Gasteiger charge is -2.07. The quantitative estimate of drug-likeness (QED) is 0.684. The monoisotopic (exact) mass is 276 g/mol. The van der Waals surface area contributed by atoms with Crippen molar-refractivity contribution in [1.82, 2.24) is 4.98 Å². The molecule has 0 bridgehead atoms. The van der Waals surface area contributed by atoms with Gasteiger partial charge in [0.25, 0.3) is 0 Å². The Labute approximate surface area is 115 Å². The molecule has 6 heteroatoms. The Morgan fingerprint density at radius 1 is 1.35 bits per heavy atom. The van der Waals surface area contributed by atoms with Gasteiger partial charge in [0.1, 0.15) is 12.4 Å². The number of anilines is 1. The number of esters is 1. The van der Waals surface area contributed by atoms with Gasteiger partial charge in [-0.25, -0.2) is 14.2 Å². The molecular weight excluding hydrogens is 263 g/mol. The Balaban J connectivity index is 2.04. The zero-order valence-corrected chi connectivity index (χ0v) is 10.8. The fourth-order valence-corrected chi connectivity index (χ4v) is 1.59. The summed E-state index contributed by atoms with van der Waals surface area (Å²) >= 11 is 0. The molecule has 0 saturated heterocycles. The summed E-state index contributed by atoms with van der Waals surface area (Å²) in [5.41, 5.74) is 6.26. The van der Waals surface area contributed by atoms with Gasteiger partial charge in [-0.1, -0.05) is 6.07 Å². The van der Waals surface area contributed by atoms with Gasteiger partial charge < -0.3 is 15.2 Å². The van der Waals surface area contributed by atoms with E-state index in [0.717, 1.165) is 12.1 Å². The molecule has 1 aromatic heterocycles. The number of hydrogen-bond acceptors (Lipinski definition) is 5. The van der Waals surface area contributed by atoms with E-state index in [0.29, 0.717) is 11.6 Å². The number of aromatic nitrogens is 1. The molecule has 0 aliphatic heterocycles. The fraction of sp³-hybridized carbons (Fsp3) is 0.143. The molecule has 1 heterocycles. The molecule has 104 valence electrons. The van der Waals surface area contributed by atoms with Gasteiger partial charge in [-0.2, -0.15) is 0 Å². The lowest BCUT2D eigenvalue weighted by atomic mass is 10.2. The van der Waals surface area contributed by atoms with Crippen LogP contribution in [0.3, 0.4) is 0 Å². The first-order valence-electron chi connectivity index (χ1n) is 5.82. The lowest BCUT2D eigenvalue weighted by Crippen LogP contribution is -2.09. The molecule has 20 heavy (non-hydrogen) atoms. The zero-order chi connectivity index (χ0) is 14.5. The number of ether oxygens (including phenoxy) is 2. The average Bonchev–Trinajstić information content (AvgIpc) is 2.45. The molecule has 0 amide bonds. The highest BCUT2D eigenvalue weighted by molar-refractivity contribution is 5.94. The van der Waals surface area contributed by atoms with Crippen molar-refractivity contribution in [3.8, 4) is 5.88 Å². The van der Waals surface area contributed by atoms with E-state index in [4.69, 9.17) is 15.2 Å². The number of carbonyl (C=O) groups excluding carboxylic acids is 1. The number of nitrogens with two attached hydrogens (primary N) is 1. The number of hydrogen-bond donors (Lipinski definition) is 1. The number of nitrogen functional groups attached to an aromatic ring is 1. The van der Waals surface area contributed by atoms with Crippen molar-refractivity contribution < 1.29 is 18.7 Å². The van der Waals surface area contributed by atoms with Crippen molar-refractivity contribution in [2.45, 2.75) is 6.61 Å². The molecular formula is C14H13FN2O3. The van der Waals surface area contributed by atoms with Gasteiger partial charge >= 0.3 is 5.97 Å². The van der Waals surface area contributed by atoms with E-state index in [9.17, 15) is 9.18 Å². The molecule has 2 N–H and O–H groups in total. The minimum Gasteiger partial charge on any atom is -0.481 e. The third kappa shape index (κ3) is 3.23. The van der Waals surface area contributed by atoms with Crippen molar-refractivity contribution in [2.75, 3.05) is 12.8 Å². The summed E-state index contributed by atoms with van der Waals surface area (Å²) in [6.45, 7) is -0.0210. The SMILES string of the molecule is COc1cccc(COC(=O)c2ccc(F)cc2N)n1. The Morgan fingerprint density at radius 2 is 2.15 bits per heavy atom. The van der Waals surface area contributed by atoms with E-state index < -0.39 is 11.8 Å². The Kier molecular flexibility index (Phi) is 4.14. The first-order valence-corrected chi connectivity index (χ1v) is 5.82. The first-order chi connectivity index (χ1) is 9.60. The maximum atomic E-state index is 12.9. The van der Waals surface area contributed by atoms with Crippen LogP contribution in [-0.4, -0.2) is 18.1 Å². The number of rotatable bonds is 4. The summed E-state index contributed by atoms with van der Waals surface area (Å²) in [4.78, 5) is 15.9. The largest absolute Gasteiger partial charge is 0.481 e. The second-order valence-corrected chi connectivity index (χ2v) is 3.98. The molecule has 0 unspecified atom stereocenters. The molecule has 0 spiro atoms. The molecule has 0 fully saturated rings. The Morgan fingerprint density at radius 3 is 2.85 bits per heavy atom. The van der Waals surface area contributed by atoms with Crippen molar-refractivity contribution in [3.05, 3.63) is 53.5 Å². The Hall–Kier alpha value is -2.63. The van der Waals surface area contributed by atoms with E-state index in [1.807, 2.05) is 0 Å². The van der Waals surface area contributed by atoms with Crippen molar-refractivity contribution in [2.24, 2.45) is 0 Å². The van der Waals surface area contributed by atoms with E-state index in [-0.39, 0.29) is 17.9 Å². The molecule has 0 aliphatic rings. The van der Waals surface area contributed by atoms with Gasteiger partial charge in [-0.15, -0.1) is 0 Å². The summed E-state index contributed by atoms with van der Waals surface area (Å²) in [5, 5.41) is 0. The minimum atomic E-state index is -0.632. The number of methoxy groups -OCH3 is 1. The molecule has 1 aromatic carbocycles. The summed E-state index contributed by atoms with van der Waals surface area (Å²) in [7, 11) is 1.50. The molecule has 0 radical (unpaired) electrons. The maximum Gasteiger partial charge on any atom is 0.340 e. The average molecular weight is 276 g/mol. The summed E-state index contributed by atoms with van der Waals surface area (Å²) < 4.78 is 22.9. The van der Waals surface area contributed by atoms with Crippen LogP contribution in [0.1, 0.15) is 16.1 Å². The van der Waals surface area contributed by atoms with Gasteiger partial charge in [0.05, 0.1) is 18.4 Å². The van der Waals surface area contributed by atoms with E-state index in [1.165, 1.54) is 13.2 Å². The van der Waals surface area contributed by atoms with Crippen molar-refractivity contribution >= 4 is 11.7 Å². The molecule has 0 saturated carbocycles. The van der Waals surface area contributed by atoms with E-state index in [1.54, 1.807) is 18.2 Å². The third-order valence-corrected chi connectivity index (χ3v) is 2.58. The maximum absolute atomic E-state index is 12.9. The van der Waals surface area contributed by atoms with Crippen LogP contribution in [0.4, 0.5) is 10.1 Å². The van der Waals surface area contributed by atoms with Crippen LogP contribution < -0.4 is 10.5 Å². The molecule has 2 aromatic rings. The van der Waals surface area contributed by atoms with Gasteiger partial charge in [-0.3, -0.25) is 0 Å². The van der Waals surface area contributed by atoms with Crippen molar-refractivity contribution in [3.63, 3.8) is 0 Å². The molecule has 5 nitrogen and oxygen atoms in total. The van der Waals surface area contributed by atoms with Gasteiger partial charge in [-0.05, 0) is 24.3 Å². The second kappa shape index (κ2) is 6.01. The molecule has 0 aliphatic carbocycles. The highest BCUT2D eigenvalue weighted by Crippen LogP contribution is 2.15. The third-order valence-electron chi connectivity index (χ3n) is 2.58. The summed E-state index contributed by atoms with van der Waals surface area (Å²) in [6, 6.07) is 8.62. The number of nitrogens with zero attached hydrogens (tertiary/aromatic N) is 1. The predicted octanol–water partition coefficient (Wildman–Crippen LogP) is 2.17. The first kappa shape index (κ1) is 13.8. The number of halogens is 1. The second-order valence-electron chi connectivity index (χ2n) is 3.98. The predicted molar refractivity (Wildman–Crippen MR) is 70.7 cm³/mol. The van der Waals surface area contributed by atoms with Gasteiger partial charge in [0, 0.05) is 11.8 Å². The van der Waals surface area contributed by atoms with Gasteiger partial charge in [0.2, 0.25) is 5.88 Å². The molecule has 2 rings (SSSR count). The summed E-state index contributed by atoms with van der Waals surface area (Å²) in [6.07, 6.45) is 0. The fourth-order valence-electron chi connectivity index (χ4n) is 1.59. The van der Waals surface area contributed by atoms with Crippen LogP contribution in [0.2, 0.25) is 0 Å². The normalized spacial score (nSPS) is 10.1.